The van der Waals surface area contributed by atoms with Gasteiger partial charge in [-0.05, 0) is 30.9 Å². The third-order valence-electron chi connectivity index (χ3n) is 6.83. The molecule has 1 spiro atoms. The zero-order valence-corrected chi connectivity index (χ0v) is 20.9. The van der Waals surface area contributed by atoms with Gasteiger partial charge in [-0.3, -0.25) is 9.55 Å². The number of pyridine rings is 1. The molecule has 0 unspecified atom stereocenters. The molecule has 1 aliphatic carbocycles. The lowest BCUT2D eigenvalue weighted by Gasteiger charge is -2.55. The largest absolute Gasteiger partial charge is 0.829 e. The molecular weight excluding hydrogens is 484 g/mol. The minimum absolute atomic E-state index is 0.303. The zero-order chi connectivity index (χ0) is 25.3. The Hall–Kier alpha value is -3.05. The summed E-state index contributed by atoms with van der Waals surface area (Å²) in [5.74, 6) is -0.562. The van der Waals surface area contributed by atoms with Crippen LogP contribution in [0.3, 0.4) is 0 Å². The van der Waals surface area contributed by atoms with Crippen molar-refractivity contribution in [2.24, 2.45) is 0 Å². The Balaban J connectivity index is 1.26. The van der Waals surface area contributed by atoms with Crippen molar-refractivity contribution in [3.63, 3.8) is 0 Å². The Morgan fingerprint density at radius 2 is 2.00 bits per heavy atom. The summed E-state index contributed by atoms with van der Waals surface area (Å²) in [7, 11) is 0. The van der Waals surface area contributed by atoms with Crippen molar-refractivity contribution < 1.29 is 19.3 Å². The van der Waals surface area contributed by atoms with E-state index >= 15 is 0 Å². The molecule has 0 radical (unpaired) electrons. The molecule has 188 valence electrons. The molecule has 2 atom stereocenters. The fraction of sp³-hybridized carbons (Fsp3) is 0.440. The molecule has 2 N–H and O–H groups in total. The summed E-state index contributed by atoms with van der Waals surface area (Å²) in [5, 5.41) is 14.1. The molecule has 0 amide bonds. The number of hydrogen-bond acceptors (Lipinski definition) is 9. The van der Waals surface area contributed by atoms with E-state index in [9.17, 15) is 5.11 Å². The van der Waals surface area contributed by atoms with E-state index in [1.54, 1.807) is 12.5 Å². The number of anilines is 1. The van der Waals surface area contributed by atoms with Crippen LogP contribution in [-0.2, 0) is 9.47 Å². The van der Waals surface area contributed by atoms with Gasteiger partial charge < -0.3 is 25.1 Å². The van der Waals surface area contributed by atoms with Gasteiger partial charge in [0.1, 0.15) is 35.0 Å². The molecule has 1 aliphatic heterocycles. The van der Waals surface area contributed by atoms with Crippen LogP contribution in [0.15, 0.2) is 43.1 Å². The van der Waals surface area contributed by atoms with Crippen LogP contribution in [0.25, 0.3) is 22.1 Å². The van der Waals surface area contributed by atoms with Crippen LogP contribution in [0.5, 0.6) is 5.75 Å². The molecule has 3 aromatic heterocycles. The monoisotopic (exact) mass is 509 g/mol. The maximum absolute atomic E-state index is 12.6. The maximum atomic E-state index is 12.6. The first kappa shape index (κ1) is 23.4. The van der Waals surface area contributed by atoms with Gasteiger partial charge in [0.15, 0.2) is 11.5 Å². The lowest BCUT2D eigenvalue weighted by Crippen LogP contribution is -2.64. The van der Waals surface area contributed by atoms with Crippen LogP contribution in [0, 0.1) is 0 Å². The highest BCUT2D eigenvalue weighted by atomic mass is 35.5. The fourth-order valence-electron chi connectivity index (χ4n) is 5.56. The maximum Gasteiger partial charge on any atom is 0.167 e. The summed E-state index contributed by atoms with van der Waals surface area (Å²) < 4.78 is 20.8. The standard InChI is InChI=1S/C25H26ClN6O4/c1-23(2,33)35-18-8-19(32-13-31-20-21(27)29-12-30-22(20)32)36-25(18)10-24(3,11-25)34-16-5-4-14-6-15(26)9-28-17(14)7-16/h4-7,9,12-13,18-19H,8,10-11H2,1-3H3,(H2,27,29,30)/q-1/t18-,19+,24?,25?/m0/s1. The van der Waals surface area contributed by atoms with Gasteiger partial charge in [-0.2, -0.15) is 0 Å². The molecule has 4 aromatic rings. The number of ether oxygens (including phenoxy) is 3. The first-order valence-corrected chi connectivity index (χ1v) is 12.1. The lowest BCUT2D eigenvalue weighted by atomic mass is 9.65. The van der Waals surface area contributed by atoms with Crippen molar-refractivity contribution in [1.82, 2.24) is 24.5 Å². The predicted molar refractivity (Wildman–Crippen MR) is 131 cm³/mol. The average Bonchev–Trinajstić information content (AvgIpc) is 3.35. The average molecular weight is 510 g/mol. The number of benzene rings is 1. The van der Waals surface area contributed by atoms with E-state index in [4.69, 9.17) is 31.5 Å². The van der Waals surface area contributed by atoms with E-state index in [1.165, 1.54) is 20.2 Å². The molecular formula is C25H26ClN6O4-. The van der Waals surface area contributed by atoms with Gasteiger partial charge in [0.05, 0.1) is 23.0 Å². The summed E-state index contributed by atoms with van der Waals surface area (Å²) >= 11 is 6.05. The van der Waals surface area contributed by atoms with Crippen molar-refractivity contribution in [3.05, 3.63) is 48.1 Å². The fourth-order valence-corrected chi connectivity index (χ4v) is 5.73. The van der Waals surface area contributed by atoms with Crippen LogP contribution in [0.2, 0.25) is 5.02 Å². The third-order valence-corrected chi connectivity index (χ3v) is 7.04. The lowest BCUT2D eigenvalue weighted by molar-refractivity contribution is -0.552. The Bertz CT molecular complexity index is 1460. The van der Waals surface area contributed by atoms with Crippen molar-refractivity contribution in [2.75, 3.05) is 5.73 Å². The van der Waals surface area contributed by atoms with E-state index in [1.807, 2.05) is 35.8 Å². The predicted octanol–water partition coefficient (Wildman–Crippen LogP) is 3.38. The van der Waals surface area contributed by atoms with Gasteiger partial charge >= 0.3 is 0 Å². The quantitative estimate of drug-likeness (QED) is 0.402. The van der Waals surface area contributed by atoms with Crippen molar-refractivity contribution >= 4 is 39.5 Å². The summed E-state index contributed by atoms with van der Waals surface area (Å²) in [5.41, 5.74) is 6.66. The van der Waals surface area contributed by atoms with E-state index in [0.717, 1.165) is 10.9 Å². The van der Waals surface area contributed by atoms with Gasteiger partial charge in [-0.15, -0.1) is 0 Å². The Morgan fingerprint density at radius 3 is 2.78 bits per heavy atom. The van der Waals surface area contributed by atoms with Gasteiger partial charge in [-0.1, -0.05) is 25.4 Å². The van der Waals surface area contributed by atoms with Crippen LogP contribution < -0.4 is 15.6 Å². The van der Waals surface area contributed by atoms with Gasteiger partial charge in [0, 0.05) is 36.9 Å². The van der Waals surface area contributed by atoms with Crippen molar-refractivity contribution in [2.45, 2.75) is 69.4 Å². The molecule has 2 fully saturated rings. The molecule has 2 aliphatic rings. The number of halogens is 1. The SMILES string of the molecule is CC(C)([O-])O[C@H]1C[C@H](n2cnc3c(N)ncnc32)OC12CC(C)(Oc1ccc3cc(Cl)cnc3c1)C2. The number of fused-ring (bicyclic) bond motifs is 2. The number of hydrogen-bond donors (Lipinski definition) is 1. The molecule has 1 aromatic carbocycles. The number of imidazole rings is 1. The van der Waals surface area contributed by atoms with Gasteiger partial charge in [0.2, 0.25) is 0 Å². The zero-order valence-electron chi connectivity index (χ0n) is 20.1. The third kappa shape index (κ3) is 4.03. The summed E-state index contributed by atoms with van der Waals surface area (Å²) in [6, 6.07) is 7.61. The molecule has 11 heteroatoms. The normalized spacial score (nSPS) is 28.1. The molecule has 6 rings (SSSR count). The van der Waals surface area contributed by atoms with Crippen LogP contribution >= 0.6 is 11.6 Å². The number of nitrogens with zero attached hydrogens (tertiary/aromatic N) is 5. The highest BCUT2D eigenvalue weighted by molar-refractivity contribution is 6.31. The molecule has 36 heavy (non-hydrogen) atoms. The Kier molecular flexibility index (Phi) is 5.17. The van der Waals surface area contributed by atoms with Gasteiger partial charge in [-0.25, -0.2) is 15.0 Å². The van der Waals surface area contributed by atoms with E-state index in [2.05, 4.69) is 19.9 Å². The first-order chi connectivity index (χ1) is 17.0. The van der Waals surface area contributed by atoms with E-state index in [0.29, 0.717) is 47.0 Å². The van der Waals surface area contributed by atoms with Crippen LogP contribution in [0.1, 0.15) is 46.3 Å². The number of nitrogen functional groups attached to an aromatic ring is 1. The highest BCUT2D eigenvalue weighted by Crippen LogP contribution is 2.56. The van der Waals surface area contributed by atoms with Crippen LogP contribution in [0.4, 0.5) is 5.82 Å². The Labute approximate surface area is 212 Å². The number of rotatable bonds is 5. The number of nitrogens with two attached hydrogens (primary N) is 1. The second-order valence-electron chi connectivity index (χ2n) is 10.4. The molecule has 10 nitrogen and oxygen atoms in total. The van der Waals surface area contributed by atoms with Crippen molar-refractivity contribution in [3.8, 4) is 5.75 Å². The first-order valence-electron chi connectivity index (χ1n) is 11.8. The summed E-state index contributed by atoms with van der Waals surface area (Å²) in [4.78, 5) is 17.1. The second kappa shape index (κ2) is 7.97. The minimum atomic E-state index is -1.57. The number of aromatic nitrogens is 5. The van der Waals surface area contributed by atoms with Gasteiger partial charge in [0.25, 0.3) is 0 Å². The highest BCUT2D eigenvalue weighted by Gasteiger charge is 2.64. The smallest absolute Gasteiger partial charge is 0.167 e. The van der Waals surface area contributed by atoms with Crippen molar-refractivity contribution in [1.29, 1.82) is 0 Å². The van der Waals surface area contributed by atoms with Crippen LogP contribution in [-0.4, -0.2) is 47.6 Å². The van der Waals surface area contributed by atoms with E-state index in [-0.39, 0.29) is 0 Å². The molecule has 4 heterocycles. The summed E-state index contributed by atoms with van der Waals surface area (Å²) in [6.45, 7) is 5.06. The van der Waals surface area contributed by atoms with E-state index < -0.39 is 29.3 Å². The molecule has 1 saturated heterocycles. The second-order valence-corrected chi connectivity index (χ2v) is 10.8. The topological polar surface area (TPSA) is 133 Å². The molecule has 0 bridgehead atoms. The Morgan fingerprint density at radius 1 is 1.19 bits per heavy atom. The molecule has 1 saturated carbocycles. The minimum Gasteiger partial charge on any atom is -0.829 e. The summed E-state index contributed by atoms with van der Waals surface area (Å²) in [6.07, 6.45) is 5.38.